The van der Waals surface area contributed by atoms with Gasteiger partial charge in [-0.3, -0.25) is 4.79 Å². The molecule has 0 aliphatic carbocycles. The lowest BCUT2D eigenvalue weighted by molar-refractivity contribution is 0.0952. The quantitative estimate of drug-likeness (QED) is 0.691. The van der Waals surface area contributed by atoms with Crippen molar-refractivity contribution in [3.63, 3.8) is 0 Å². The van der Waals surface area contributed by atoms with Gasteiger partial charge in [0.2, 0.25) is 5.88 Å². The molecule has 0 spiro atoms. The fraction of sp³-hybridized carbons (Fsp3) is 0.143. The molecule has 0 fully saturated rings. The summed E-state index contributed by atoms with van der Waals surface area (Å²) < 4.78 is 27.3. The largest absolute Gasteiger partial charge is 0.493 e. The Hall–Kier alpha value is -3.28. The normalized spacial score (nSPS) is 10.8. The molecule has 27 heavy (non-hydrogen) atoms. The third kappa shape index (κ3) is 4.88. The van der Waals surface area contributed by atoms with Gasteiger partial charge < -0.3 is 10.4 Å². The van der Waals surface area contributed by atoms with E-state index in [1.165, 1.54) is 42.6 Å². The Morgan fingerprint density at radius 1 is 1.00 bits per heavy atom. The van der Waals surface area contributed by atoms with Crippen molar-refractivity contribution in [1.82, 2.24) is 10.3 Å². The topological polar surface area (TPSA) is 62.2 Å². The van der Waals surface area contributed by atoms with E-state index in [4.69, 9.17) is 0 Å². The molecule has 138 valence electrons. The van der Waals surface area contributed by atoms with E-state index in [0.717, 1.165) is 0 Å². The van der Waals surface area contributed by atoms with Crippen LogP contribution in [0.5, 0.6) is 5.88 Å². The van der Waals surface area contributed by atoms with Crippen molar-refractivity contribution in [2.75, 3.05) is 6.54 Å². The third-order valence-electron chi connectivity index (χ3n) is 4.23. The summed E-state index contributed by atoms with van der Waals surface area (Å²) in [6.07, 6.45) is 1.74. The van der Waals surface area contributed by atoms with E-state index in [1.54, 1.807) is 24.3 Å². The van der Waals surface area contributed by atoms with E-state index < -0.39 is 0 Å². The lowest BCUT2D eigenvalue weighted by Crippen LogP contribution is -2.26. The molecule has 6 heteroatoms. The van der Waals surface area contributed by atoms with Gasteiger partial charge in [-0.25, -0.2) is 13.8 Å². The number of rotatable bonds is 6. The fourth-order valence-electron chi connectivity index (χ4n) is 2.92. The van der Waals surface area contributed by atoms with Crippen molar-refractivity contribution in [2.45, 2.75) is 12.3 Å². The van der Waals surface area contributed by atoms with E-state index >= 15 is 0 Å². The number of benzene rings is 2. The summed E-state index contributed by atoms with van der Waals surface area (Å²) in [6, 6.07) is 15.1. The minimum absolute atomic E-state index is 0.163. The Labute approximate surface area is 155 Å². The van der Waals surface area contributed by atoms with Crippen LogP contribution in [0.3, 0.4) is 0 Å². The molecule has 1 amide bonds. The summed E-state index contributed by atoms with van der Waals surface area (Å²) in [4.78, 5) is 15.8. The second-order valence-electron chi connectivity index (χ2n) is 6.11. The average molecular weight is 368 g/mol. The van der Waals surface area contributed by atoms with Crippen molar-refractivity contribution in [1.29, 1.82) is 0 Å². The highest BCUT2D eigenvalue weighted by Gasteiger charge is 2.16. The van der Waals surface area contributed by atoms with E-state index in [9.17, 15) is 18.7 Å². The molecule has 0 bridgehead atoms. The summed E-state index contributed by atoms with van der Waals surface area (Å²) in [5.74, 6) is -1.50. The number of pyridine rings is 1. The van der Waals surface area contributed by atoms with Gasteiger partial charge in [-0.05, 0) is 47.9 Å². The van der Waals surface area contributed by atoms with Crippen molar-refractivity contribution >= 4 is 5.91 Å². The molecule has 1 aromatic heterocycles. The molecule has 3 rings (SSSR count). The number of hydrogen-bond donors (Lipinski definition) is 2. The van der Waals surface area contributed by atoms with Crippen LogP contribution < -0.4 is 5.32 Å². The number of carbonyl (C=O) groups excluding carboxylic acids is 1. The first-order chi connectivity index (χ1) is 13.0. The molecule has 2 aromatic carbocycles. The lowest BCUT2D eigenvalue weighted by Gasteiger charge is -2.19. The zero-order valence-corrected chi connectivity index (χ0v) is 14.4. The molecule has 2 N–H and O–H groups in total. The average Bonchev–Trinajstić information content (AvgIpc) is 2.65. The van der Waals surface area contributed by atoms with E-state index in [1.807, 2.05) is 0 Å². The highest BCUT2D eigenvalue weighted by atomic mass is 19.1. The van der Waals surface area contributed by atoms with Gasteiger partial charge in [0.15, 0.2) is 0 Å². The molecule has 0 saturated carbocycles. The molecule has 1 heterocycles. The summed E-state index contributed by atoms with van der Waals surface area (Å²) >= 11 is 0. The first-order valence-electron chi connectivity index (χ1n) is 8.47. The van der Waals surface area contributed by atoms with Crippen molar-refractivity contribution in [2.24, 2.45) is 0 Å². The van der Waals surface area contributed by atoms with Crippen LogP contribution in [0.25, 0.3) is 0 Å². The fourth-order valence-corrected chi connectivity index (χ4v) is 2.92. The highest BCUT2D eigenvalue weighted by molar-refractivity contribution is 5.93. The second kappa shape index (κ2) is 8.40. The van der Waals surface area contributed by atoms with Crippen molar-refractivity contribution in [3.8, 4) is 5.88 Å². The van der Waals surface area contributed by atoms with Crippen LogP contribution in [0.1, 0.15) is 33.8 Å². The first kappa shape index (κ1) is 18.5. The zero-order valence-electron chi connectivity index (χ0n) is 14.4. The predicted molar refractivity (Wildman–Crippen MR) is 97.5 cm³/mol. The van der Waals surface area contributed by atoms with Crippen LogP contribution in [0.15, 0.2) is 66.9 Å². The second-order valence-corrected chi connectivity index (χ2v) is 6.11. The van der Waals surface area contributed by atoms with Gasteiger partial charge in [-0.2, -0.15) is 0 Å². The monoisotopic (exact) mass is 368 g/mol. The molecule has 3 aromatic rings. The summed E-state index contributed by atoms with van der Waals surface area (Å²) in [6.45, 7) is 0.303. The SMILES string of the molecule is O=C(NCCC(c1cccc(F)c1)c1cccc(F)c1)c1ccc(O)nc1. The van der Waals surface area contributed by atoms with Crippen molar-refractivity contribution in [3.05, 3.63) is 95.2 Å². The first-order valence-corrected chi connectivity index (χ1v) is 8.47. The predicted octanol–water partition coefficient (Wildman–Crippen LogP) is 4.02. The number of amides is 1. The molecule has 0 saturated heterocycles. The van der Waals surface area contributed by atoms with E-state index in [2.05, 4.69) is 10.3 Å². The van der Waals surface area contributed by atoms with Crippen LogP contribution in [-0.2, 0) is 0 Å². The highest BCUT2D eigenvalue weighted by Crippen LogP contribution is 2.28. The van der Waals surface area contributed by atoms with E-state index in [0.29, 0.717) is 29.7 Å². The van der Waals surface area contributed by atoms with Crippen LogP contribution in [0.4, 0.5) is 8.78 Å². The Balaban J connectivity index is 1.74. The van der Waals surface area contributed by atoms with E-state index in [-0.39, 0.29) is 29.3 Å². The number of aromatic nitrogens is 1. The van der Waals surface area contributed by atoms with Crippen LogP contribution in [-0.4, -0.2) is 22.5 Å². The summed E-state index contributed by atoms with van der Waals surface area (Å²) in [5.41, 5.74) is 1.74. The molecule has 0 aliphatic heterocycles. The number of halogens is 2. The Morgan fingerprint density at radius 3 is 2.15 bits per heavy atom. The Bertz CT molecular complexity index is 884. The molecular weight excluding hydrogens is 350 g/mol. The number of carbonyl (C=O) groups is 1. The maximum atomic E-state index is 13.7. The summed E-state index contributed by atoms with van der Waals surface area (Å²) in [7, 11) is 0. The van der Waals surface area contributed by atoms with Gasteiger partial charge in [-0.1, -0.05) is 24.3 Å². The van der Waals surface area contributed by atoms with Gasteiger partial charge in [0.05, 0.1) is 5.56 Å². The van der Waals surface area contributed by atoms with Gasteiger partial charge in [-0.15, -0.1) is 0 Å². The van der Waals surface area contributed by atoms with Gasteiger partial charge in [0.1, 0.15) is 11.6 Å². The number of aromatic hydroxyl groups is 1. The number of nitrogens with zero attached hydrogens (tertiary/aromatic N) is 1. The van der Waals surface area contributed by atoms with Gasteiger partial charge in [0.25, 0.3) is 5.91 Å². The standard InChI is InChI=1S/C21H18F2N2O2/c22-17-5-1-3-14(11-17)19(15-4-2-6-18(23)12-15)9-10-24-21(27)16-7-8-20(26)25-13-16/h1-8,11-13,19H,9-10H2,(H,24,27)(H,25,26). The summed E-state index contributed by atoms with van der Waals surface area (Å²) in [5, 5.41) is 11.9. The minimum Gasteiger partial charge on any atom is -0.493 e. The van der Waals surface area contributed by atoms with Gasteiger partial charge in [0, 0.05) is 24.7 Å². The number of hydrogen-bond acceptors (Lipinski definition) is 3. The van der Waals surface area contributed by atoms with Gasteiger partial charge >= 0.3 is 0 Å². The van der Waals surface area contributed by atoms with Crippen LogP contribution in [0.2, 0.25) is 0 Å². The Kier molecular flexibility index (Phi) is 5.76. The maximum Gasteiger partial charge on any atom is 0.252 e. The maximum absolute atomic E-state index is 13.7. The van der Waals surface area contributed by atoms with Crippen LogP contribution in [0, 0.1) is 11.6 Å². The lowest BCUT2D eigenvalue weighted by atomic mass is 9.88. The number of nitrogens with one attached hydrogen (secondary N) is 1. The van der Waals surface area contributed by atoms with Crippen molar-refractivity contribution < 1.29 is 18.7 Å². The smallest absolute Gasteiger partial charge is 0.252 e. The molecule has 0 radical (unpaired) electrons. The zero-order chi connectivity index (χ0) is 19.2. The minimum atomic E-state index is -0.367. The molecule has 0 aliphatic rings. The molecule has 0 unspecified atom stereocenters. The third-order valence-corrected chi connectivity index (χ3v) is 4.23. The molecule has 0 atom stereocenters. The van der Waals surface area contributed by atoms with Crippen LogP contribution >= 0.6 is 0 Å². The Morgan fingerprint density at radius 2 is 1.63 bits per heavy atom. The molecular formula is C21H18F2N2O2. The molecule has 4 nitrogen and oxygen atoms in total.